The van der Waals surface area contributed by atoms with Crippen LogP contribution in [0.2, 0.25) is 0 Å². The smallest absolute Gasteiger partial charge is 0.115 e. The summed E-state index contributed by atoms with van der Waals surface area (Å²) < 4.78 is 0. The summed E-state index contributed by atoms with van der Waals surface area (Å²) in [5.41, 5.74) is 4.11. The van der Waals surface area contributed by atoms with Crippen LogP contribution < -0.4 is 5.32 Å². The number of hydrogen-bond donors (Lipinski definition) is 1. The monoisotopic (exact) mass is 259 g/mol. The van der Waals surface area contributed by atoms with Gasteiger partial charge in [0.05, 0.1) is 0 Å². The minimum atomic E-state index is 0.640. The molecule has 1 saturated carbocycles. The number of rotatable bonds is 6. The second-order valence-corrected chi connectivity index (χ2v) is 6.05. The van der Waals surface area contributed by atoms with E-state index in [1.807, 2.05) is 0 Å². The molecule has 1 heterocycles. The largest absolute Gasteiger partial charge is 0.313 e. The van der Waals surface area contributed by atoms with Crippen LogP contribution >= 0.6 is 0 Å². The first-order chi connectivity index (χ1) is 9.38. The van der Waals surface area contributed by atoms with Crippen LogP contribution in [0.3, 0.4) is 0 Å². The van der Waals surface area contributed by atoms with E-state index < -0.39 is 0 Å². The summed E-state index contributed by atoms with van der Waals surface area (Å²) in [4.78, 5) is 9.08. The van der Waals surface area contributed by atoms with Gasteiger partial charge in [-0.05, 0) is 63.0 Å². The summed E-state index contributed by atoms with van der Waals surface area (Å²) in [5.74, 6) is 0.890. The van der Waals surface area contributed by atoms with Gasteiger partial charge in [-0.15, -0.1) is 0 Å². The average molecular weight is 259 g/mol. The van der Waals surface area contributed by atoms with Crippen LogP contribution in [0.1, 0.15) is 56.0 Å². The summed E-state index contributed by atoms with van der Waals surface area (Å²) in [5, 5.41) is 3.73. The molecule has 19 heavy (non-hydrogen) atoms. The Kier molecular flexibility index (Phi) is 4.12. The molecule has 3 heteroatoms. The van der Waals surface area contributed by atoms with Gasteiger partial charge in [0, 0.05) is 23.9 Å². The van der Waals surface area contributed by atoms with Crippen molar-refractivity contribution in [2.75, 3.05) is 6.54 Å². The van der Waals surface area contributed by atoms with Crippen molar-refractivity contribution >= 4 is 0 Å². The van der Waals surface area contributed by atoms with Crippen molar-refractivity contribution in [1.29, 1.82) is 0 Å². The van der Waals surface area contributed by atoms with Gasteiger partial charge < -0.3 is 5.32 Å². The summed E-state index contributed by atoms with van der Waals surface area (Å²) >= 11 is 0. The fourth-order valence-corrected chi connectivity index (χ4v) is 3.21. The first-order valence-corrected chi connectivity index (χ1v) is 7.93. The lowest BCUT2D eigenvalue weighted by Gasteiger charge is -2.22. The highest BCUT2D eigenvalue weighted by Gasteiger charge is 2.31. The van der Waals surface area contributed by atoms with E-state index in [0.29, 0.717) is 6.04 Å². The van der Waals surface area contributed by atoms with Crippen LogP contribution in [0.4, 0.5) is 0 Å². The lowest BCUT2D eigenvalue weighted by Crippen LogP contribution is -2.34. The zero-order valence-electron chi connectivity index (χ0n) is 12.0. The molecule has 1 aromatic rings. The standard InChI is InChI=1S/C16H25N3/c1-2-9-17-15(12-7-8-12)10-16-13-5-3-4-6-14(13)18-11-19-16/h11-12,15,17H,2-10H2,1H3. The highest BCUT2D eigenvalue weighted by atomic mass is 14.9. The van der Waals surface area contributed by atoms with E-state index in [9.17, 15) is 0 Å². The molecule has 0 spiro atoms. The minimum Gasteiger partial charge on any atom is -0.313 e. The van der Waals surface area contributed by atoms with Gasteiger partial charge in [0.2, 0.25) is 0 Å². The maximum atomic E-state index is 4.60. The molecule has 0 aromatic carbocycles. The Bertz CT molecular complexity index is 426. The molecule has 2 aliphatic rings. The van der Waals surface area contributed by atoms with Gasteiger partial charge in [-0.25, -0.2) is 9.97 Å². The molecular weight excluding hydrogens is 234 g/mol. The molecule has 1 N–H and O–H groups in total. The Labute approximate surface area is 116 Å². The topological polar surface area (TPSA) is 37.8 Å². The first-order valence-electron chi connectivity index (χ1n) is 7.93. The van der Waals surface area contributed by atoms with Crippen LogP contribution in [-0.2, 0) is 19.3 Å². The van der Waals surface area contributed by atoms with Crippen LogP contribution in [0.5, 0.6) is 0 Å². The Morgan fingerprint density at radius 3 is 2.89 bits per heavy atom. The second kappa shape index (κ2) is 6.00. The summed E-state index contributed by atoms with van der Waals surface area (Å²) in [6, 6.07) is 0.640. The fourth-order valence-electron chi connectivity index (χ4n) is 3.21. The van der Waals surface area contributed by atoms with Crippen LogP contribution in [0.25, 0.3) is 0 Å². The Morgan fingerprint density at radius 1 is 1.26 bits per heavy atom. The molecule has 1 aromatic heterocycles. The van der Waals surface area contributed by atoms with Gasteiger partial charge in [-0.1, -0.05) is 6.92 Å². The number of nitrogens with zero attached hydrogens (tertiary/aromatic N) is 2. The second-order valence-electron chi connectivity index (χ2n) is 6.05. The molecule has 1 fully saturated rings. The molecule has 0 saturated heterocycles. The zero-order valence-corrected chi connectivity index (χ0v) is 12.0. The van der Waals surface area contributed by atoms with Crippen LogP contribution in [0.15, 0.2) is 6.33 Å². The SMILES string of the molecule is CCCNC(Cc1ncnc2c1CCCC2)C1CC1. The highest BCUT2D eigenvalue weighted by molar-refractivity contribution is 5.28. The quantitative estimate of drug-likeness (QED) is 0.853. The van der Waals surface area contributed by atoms with Crippen molar-refractivity contribution < 1.29 is 0 Å². The molecular formula is C16H25N3. The lowest BCUT2D eigenvalue weighted by atomic mass is 9.92. The lowest BCUT2D eigenvalue weighted by molar-refractivity contribution is 0.453. The molecule has 3 nitrogen and oxygen atoms in total. The third kappa shape index (κ3) is 3.14. The molecule has 1 unspecified atom stereocenters. The predicted molar refractivity (Wildman–Crippen MR) is 77.2 cm³/mol. The van der Waals surface area contributed by atoms with E-state index in [4.69, 9.17) is 0 Å². The molecule has 3 rings (SSSR count). The van der Waals surface area contributed by atoms with Crippen molar-refractivity contribution in [1.82, 2.24) is 15.3 Å². The normalized spacial score (nSPS) is 20.1. The number of fused-ring (bicyclic) bond motifs is 1. The van der Waals surface area contributed by atoms with Gasteiger partial charge in [0.1, 0.15) is 6.33 Å². The maximum Gasteiger partial charge on any atom is 0.115 e. The molecule has 0 amide bonds. The summed E-state index contributed by atoms with van der Waals surface area (Å²) in [6.45, 7) is 3.37. The van der Waals surface area contributed by atoms with Crippen molar-refractivity contribution in [3.63, 3.8) is 0 Å². The van der Waals surface area contributed by atoms with Gasteiger partial charge in [0.25, 0.3) is 0 Å². The molecule has 104 valence electrons. The van der Waals surface area contributed by atoms with E-state index in [0.717, 1.165) is 25.3 Å². The van der Waals surface area contributed by atoms with E-state index in [2.05, 4.69) is 22.2 Å². The number of hydrogen-bond acceptors (Lipinski definition) is 3. The van der Waals surface area contributed by atoms with Gasteiger partial charge in [-0.2, -0.15) is 0 Å². The van der Waals surface area contributed by atoms with E-state index >= 15 is 0 Å². The van der Waals surface area contributed by atoms with Crippen LogP contribution in [-0.4, -0.2) is 22.6 Å². The zero-order chi connectivity index (χ0) is 13.1. The molecule has 0 bridgehead atoms. The third-order valence-electron chi connectivity index (χ3n) is 4.48. The number of aryl methyl sites for hydroxylation is 1. The van der Waals surface area contributed by atoms with Crippen molar-refractivity contribution in [3.8, 4) is 0 Å². The molecule has 0 radical (unpaired) electrons. The molecule has 0 aliphatic heterocycles. The van der Waals surface area contributed by atoms with Crippen LogP contribution in [0, 0.1) is 5.92 Å². The van der Waals surface area contributed by atoms with E-state index in [-0.39, 0.29) is 0 Å². The number of aromatic nitrogens is 2. The third-order valence-corrected chi connectivity index (χ3v) is 4.48. The Hall–Kier alpha value is -0.960. The fraction of sp³-hybridized carbons (Fsp3) is 0.750. The minimum absolute atomic E-state index is 0.640. The molecule has 1 atom stereocenters. The van der Waals surface area contributed by atoms with E-state index in [1.165, 1.54) is 55.5 Å². The van der Waals surface area contributed by atoms with Gasteiger partial charge >= 0.3 is 0 Å². The Balaban J connectivity index is 1.73. The first kappa shape index (κ1) is 13.0. The van der Waals surface area contributed by atoms with Crippen molar-refractivity contribution in [2.45, 2.75) is 64.3 Å². The summed E-state index contributed by atoms with van der Waals surface area (Å²) in [6.07, 6.45) is 11.8. The summed E-state index contributed by atoms with van der Waals surface area (Å²) in [7, 11) is 0. The average Bonchev–Trinajstić information content (AvgIpc) is 3.28. The Morgan fingerprint density at radius 2 is 2.11 bits per heavy atom. The van der Waals surface area contributed by atoms with E-state index in [1.54, 1.807) is 6.33 Å². The predicted octanol–water partition coefficient (Wildman–Crippen LogP) is 2.68. The molecule has 2 aliphatic carbocycles. The van der Waals surface area contributed by atoms with Crippen molar-refractivity contribution in [2.24, 2.45) is 5.92 Å². The maximum absolute atomic E-state index is 4.60. The highest BCUT2D eigenvalue weighted by Crippen LogP contribution is 2.34. The van der Waals surface area contributed by atoms with Gasteiger partial charge in [0.15, 0.2) is 0 Å². The van der Waals surface area contributed by atoms with Crippen molar-refractivity contribution in [3.05, 3.63) is 23.3 Å². The number of nitrogens with one attached hydrogen (secondary N) is 1. The van der Waals surface area contributed by atoms with Gasteiger partial charge in [-0.3, -0.25) is 0 Å².